The lowest BCUT2D eigenvalue weighted by molar-refractivity contribution is -0.131. The molecule has 0 radical (unpaired) electrons. The van der Waals surface area contributed by atoms with Crippen molar-refractivity contribution >= 4 is 5.91 Å². The number of ether oxygens (including phenoxy) is 2. The summed E-state index contributed by atoms with van der Waals surface area (Å²) in [5, 5.41) is 3.89. The van der Waals surface area contributed by atoms with E-state index in [1.54, 1.807) is 4.90 Å². The van der Waals surface area contributed by atoms with E-state index < -0.39 is 0 Å². The third-order valence-electron chi connectivity index (χ3n) is 3.67. The molecule has 3 rings (SSSR count). The van der Waals surface area contributed by atoms with E-state index in [2.05, 4.69) is 15.1 Å². The maximum atomic E-state index is 12.3. The van der Waals surface area contributed by atoms with Crippen LogP contribution in [0, 0.1) is 0 Å². The van der Waals surface area contributed by atoms with Gasteiger partial charge in [0.25, 0.3) is 17.3 Å². The van der Waals surface area contributed by atoms with E-state index in [9.17, 15) is 9.59 Å². The number of hydrogen-bond donors (Lipinski definition) is 0. The fourth-order valence-corrected chi connectivity index (χ4v) is 2.48. The maximum absolute atomic E-state index is 12.3. The van der Waals surface area contributed by atoms with Crippen molar-refractivity contribution in [2.75, 3.05) is 20.2 Å². The molecule has 0 spiro atoms. The molecule has 24 heavy (non-hydrogen) atoms. The molecule has 9 heteroatoms. The van der Waals surface area contributed by atoms with Crippen LogP contribution in [-0.4, -0.2) is 56.9 Å². The minimum absolute atomic E-state index is 0.0825. The molecule has 0 unspecified atom stereocenters. The molecular weight excluding hydrogens is 314 g/mol. The lowest BCUT2D eigenvalue weighted by Crippen LogP contribution is -2.36. The molecule has 0 bridgehead atoms. The van der Waals surface area contributed by atoms with Crippen LogP contribution in [0.1, 0.15) is 6.42 Å². The summed E-state index contributed by atoms with van der Waals surface area (Å²) in [6, 6.07) is 2.91. The van der Waals surface area contributed by atoms with Gasteiger partial charge in [0.1, 0.15) is 12.6 Å². The monoisotopic (exact) mass is 331 g/mol. The first-order valence-electron chi connectivity index (χ1n) is 7.49. The van der Waals surface area contributed by atoms with Gasteiger partial charge < -0.3 is 14.4 Å². The Hall–Kier alpha value is -2.97. The Morgan fingerprint density at radius 3 is 2.83 bits per heavy atom. The SMILES string of the molecule is COc1nccnc1O[C@H]1CCN(C(=O)Cn2ncccc2=O)C1. The third kappa shape index (κ3) is 3.50. The van der Waals surface area contributed by atoms with Crippen molar-refractivity contribution in [1.29, 1.82) is 0 Å². The minimum Gasteiger partial charge on any atom is -0.477 e. The van der Waals surface area contributed by atoms with Crippen molar-refractivity contribution in [1.82, 2.24) is 24.6 Å². The number of methoxy groups -OCH3 is 1. The standard InChI is InChI=1S/C15H17N5O4/c1-23-14-15(17-7-6-16-14)24-11-4-8-19(9-11)13(22)10-20-12(21)3-2-5-18-20/h2-3,5-7,11H,4,8-10H2,1H3/t11-/m0/s1. The molecule has 0 aromatic carbocycles. The molecule has 2 aromatic heterocycles. The number of amides is 1. The van der Waals surface area contributed by atoms with E-state index in [-0.39, 0.29) is 24.1 Å². The quantitative estimate of drug-likeness (QED) is 0.743. The topological polar surface area (TPSA) is 99.4 Å². The Morgan fingerprint density at radius 2 is 2.08 bits per heavy atom. The normalized spacial score (nSPS) is 16.9. The predicted molar refractivity (Wildman–Crippen MR) is 82.7 cm³/mol. The van der Waals surface area contributed by atoms with Gasteiger partial charge >= 0.3 is 0 Å². The molecule has 9 nitrogen and oxygen atoms in total. The average Bonchev–Trinajstić information content (AvgIpc) is 3.06. The summed E-state index contributed by atoms with van der Waals surface area (Å²) in [5.74, 6) is 0.440. The highest BCUT2D eigenvalue weighted by Gasteiger charge is 2.29. The Kier molecular flexibility index (Phi) is 4.69. The van der Waals surface area contributed by atoms with Crippen LogP contribution in [-0.2, 0) is 11.3 Å². The average molecular weight is 331 g/mol. The summed E-state index contributed by atoms with van der Waals surface area (Å²) in [7, 11) is 1.49. The summed E-state index contributed by atoms with van der Waals surface area (Å²) >= 11 is 0. The Balaban J connectivity index is 1.60. The van der Waals surface area contributed by atoms with Crippen molar-refractivity contribution < 1.29 is 14.3 Å². The number of carbonyl (C=O) groups is 1. The third-order valence-corrected chi connectivity index (χ3v) is 3.67. The molecule has 1 aliphatic heterocycles. The predicted octanol–water partition coefficient (Wildman–Crippen LogP) is -0.278. The zero-order valence-corrected chi connectivity index (χ0v) is 13.2. The number of rotatable bonds is 5. The molecule has 1 fully saturated rings. The lowest BCUT2D eigenvalue weighted by atomic mass is 10.3. The number of nitrogens with zero attached hydrogens (tertiary/aromatic N) is 5. The van der Waals surface area contributed by atoms with Crippen molar-refractivity contribution in [3.05, 3.63) is 41.1 Å². The first-order valence-corrected chi connectivity index (χ1v) is 7.49. The molecule has 3 heterocycles. The van der Waals surface area contributed by atoms with Crippen molar-refractivity contribution in [3.8, 4) is 11.8 Å². The van der Waals surface area contributed by atoms with Crippen LogP contribution < -0.4 is 15.0 Å². The molecule has 126 valence electrons. The van der Waals surface area contributed by atoms with E-state index in [4.69, 9.17) is 9.47 Å². The lowest BCUT2D eigenvalue weighted by Gasteiger charge is -2.17. The molecule has 0 N–H and O–H groups in total. The summed E-state index contributed by atoms with van der Waals surface area (Å²) < 4.78 is 12.0. The summed E-state index contributed by atoms with van der Waals surface area (Å²) in [6.45, 7) is 0.884. The second-order valence-electron chi connectivity index (χ2n) is 5.26. The van der Waals surface area contributed by atoms with E-state index >= 15 is 0 Å². The van der Waals surface area contributed by atoms with Crippen LogP contribution in [0.25, 0.3) is 0 Å². The van der Waals surface area contributed by atoms with E-state index in [1.165, 1.54) is 37.8 Å². The largest absolute Gasteiger partial charge is 0.477 e. The molecule has 1 saturated heterocycles. The molecule has 1 aliphatic rings. The smallest absolute Gasteiger partial charge is 0.278 e. The zero-order valence-electron chi connectivity index (χ0n) is 13.2. The number of hydrogen-bond acceptors (Lipinski definition) is 7. The summed E-state index contributed by atoms with van der Waals surface area (Å²) in [5.41, 5.74) is -0.304. The van der Waals surface area contributed by atoms with Crippen LogP contribution in [0.4, 0.5) is 0 Å². The van der Waals surface area contributed by atoms with Crippen LogP contribution >= 0.6 is 0 Å². The van der Waals surface area contributed by atoms with E-state index in [0.29, 0.717) is 31.3 Å². The highest BCUT2D eigenvalue weighted by Crippen LogP contribution is 2.23. The molecular formula is C15H17N5O4. The van der Waals surface area contributed by atoms with Gasteiger partial charge in [-0.25, -0.2) is 14.6 Å². The Labute approximate surface area is 137 Å². The van der Waals surface area contributed by atoms with Crippen molar-refractivity contribution in [2.24, 2.45) is 0 Å². The fourth-order valence-electron chi connectivity index (χ4n) is 2.48. The zero-order chi connectivity index (χ0) is 16.9. The number of likely N-dealkylation sites (tertiary alicyclic amines) is 1. The van der Waals surface area contributed by atoms with Gasteiger partial charge in [0.15, 0.2) is 0 Å². The highest BCUT2D eigenvalue weighted by molar-refractivity contribution is 5.76. The summed E-state index contributed by atoms with van der Waals surface area (Å²) in [6.07, 6.45) is 4.98. The van der Waals surface area contributed by atoms with E-state index in [1.807, 2.05) is 0 Å². The Morgan fingerprint density at radius 1 is 1.29 bits per heavy atom. The van der Waals surface area contributed by atoms with Gasteiger partial charge in [0.05, 0.1) is 13.7 Å². The molecule has 0 saturated carbocycles. The minimum atomic E-state index is -0.304. The summed E-state index contributed by atoms with van der Waals surface area (Å²) in [4.78, 5) is 33.7. The molecule has 2 aromatic rings. The van der Waals surface area contributed by atoms with Gasteiger partial charge in [-0.2, -0.15) is 5.10 Å². The van der Waals surface area contributed by atoms with Crippen LogP contribution in [0.5, 0.6) is 11.8 Å². The number of carbonyl (C=O) groups excluding carboxylic acids is 1. The fraction of sp³-hybridized carbons (Fsp3) is 0.400. The maximum Gasteiger partial charge on any atom is 0.278 e. The molecule has 1 amide bonds. The first kappa shape index (κ1) is 15.9. The second-order valence-corrected chi connectivity index (χ2v) is 5.26. The highest BCUT2D eigenvalue weighted by atomic mass is 16.5. The van der Waals surface area contributed by atoms with Crippen LogP contribution in [0.15, 0.2) is 35.5 Å². The first-order chi connectivity index (χ1) is 11.7. The van der Waals surface area contributed by atoms with E-state index in [0.717, 1.165) is 4.68 Å². The van der Waals surface area contributed by atoms with Crippen molar-refractivity contribution in [2.45, 2.75) is 19.1 Å². The Bertz CT molecular complexity index is 778. The van der Waals surface area contributed by atoms with Crippen LogP contribution in [0.3, 0.4) is 0 Å². The van der Waals surface area contributed by atoms with Gasteiger partial charge in [-0.3, -0.25) is 9.59 Å². The number of aromatic nitrogens is 4. The molecule has 1 atom stereocenters. The van der Waals surface area contributed by atoms with Gasteiger partial charge in [0.2, 0.25) is 5.91 Å². The van der Waals surface area contributed by atoms with Crippen molar-refractivity contribution in [3.63, 3.8) is 0 Å². The van der Waals surface area contributed by atoms with Crippen LogP contribution in [0.2, 0.25) is 0 Å². The van der Waals surface area contributed by atoms with Gasteiger partial charge in [-0.1, -0.05) is 0 Å². The second kappa shape index (κ2) is 7.07. The van der Waals surface area contributed by atoms with Gasteiger partial charge in [0, 0.05) is 37.6 Å². The van der Waals surface area contributed by atoms with Gasteiger partial charge in [-0.15, -0.1) is 0 Å². The van der Waals surface area contributed by atoms with Gasteiger partial charge in [-0.05, 0) is 6.07 Å². The molecule has 0 aliphatic carbocycles.